The van der Waals surface area contributed by atoms with Crippen LogP contribution in [0.25, 0.3) is 0 Å². The molecule has 0 saturated heterocycles. The van der Waals surface area contributed by atoms with Gasteiger partial charge in [-0.25, -0.2) is 4.39 Å². The Labute approximate surface area is 115 Å². The Morgan fingerprint density at radius 3 is 2.44 bits per heavy atom. The molecule has 0 heterocycles. The van der Waals surface area contributed by atoms with Gasteiger partial charge in [-0.05, 0) is 29.8 Å². The fraction of sp³-hybridized carbons (Fsp3) is 0.143. The van der Waals surface area contributed by atoms with E-state index in [2.05, 4.69) is 0 Å². The molecule has 94 valence electrons. The molecule has 4 heteroatoms. The molecule has 2 aromatic rings. The average molecular weight is 282 g/mol. The molecule has 2 N–H and O–H groups in total. The Balaban J connectivity index is 1.98. The number of halogens is 2. The highest BCUT2D eigenvalue weighted by Gasteiger charge is 2.08. The van der Waals surface area contributed by atoms with Crippen molar-refractivity contribution in [3.05, 3.63) is 64.9 Å². The van der Waals surface area contributed by atoms with E-state index in [4.69, 9.17) is 17.3 Å². The van der Waals surface area contributed by atoms with Crippen molar-refractivity contribution in [2.24, 2.45) is 5.73 Å². The number of nitrogens with two attached hydrogens (primary N) is 1. The Morgan fingerprint density at radius 2 is 1.78 bits per heavy atom. The summed E-state index contributed by atoms with van der Waals surface area (Å²) in [7, 11) is 0. The van der Waals surface area contributed by atoms with Gasteiger partial charge < -0.3 is 5.73 Å². The van der Waals surface area contributed by atoms with Crippen LogP contribution in [0, 0.1) is 5.82 Å². The second-order valence-electron chi connectivity index (χ2n) is 3.90. The lowest BCUT2D eigenvalue weighted by atomic mass is 10.1. The quantitative estimate of drug-likeness (QED) is 0.847. The summed E-state index contributed by atoms with van der Waals surface area (Å²) in [6, 6.07) is 13.8. The SMILES string of the molecule is NC(CSc1ccccc1Cl)c1ccc(F)cc1. The molecule has 0 aromatic heterocycles. The van der Waals surface area contributed by atoms with Crippen LogP contribution >= 0.6 is 23.4 Å². The molecular formula is C14H13ClFNS. The third kappa shape index (κ3) is 3.48. The maximum atomic E-state index is 12.8. The molecular weight excluding hydrogens is 269 g/mol. The van der Waals surface area contributed by atoms with Crippen LogP contribution in [0.5, 0.6) is 0 Å². The number of rotatable bonds is 4. The van der Waals surface area contributed by atoms with Crippen molar-refractivity contribution in [1.29, 1.82) is 0 Å². The monoisotopic (exact) mass is 281 g/mol. The molecule has 0 fully saturated rings. The fourth-order valence-electron chi connectivity index (χ4n) is 1.55. The summed E-state index contributed by atoms with van der Waals surface area (Å²) < 4.78 is 12.8. The summed E-state index contributed by atoms with van der Waals surface area (Å²) >= 11 is 7.67. The van der Waals surface area contributed by atoms with E-state index in [-0.39, 0.29) is 11.9 Å². The minimum absolute atomic E-state index is 0.133. The van der Waals surface area contributed by atoms with Crippen LogP contribution in [0.2, 0.25) is 5.02 Å². The first-order chi connectivity index (χ1) is 8.66. The first kappa shape index (κ1) is 13.4. The van der Waals surface area contributed by atoms with Crippen LogP contribution in [0.1, 0.15) is 11.6 Å². The Bertz CT molecular complexity index is 515. The summed E-state index contributed by atoms with van der Waals surface area (Å²) in [5.74, 6) is 0.458. The second kappa shape index (κ2) is 6.23. The summed E-state index contributed by atoms with van der Waals surface area (Å²) in [5.41, 5.74) is 6.98. The highest BCUT2D eigenvalue weighted by Crippen LogP contribution is 2.29. The molecule has 0 aliphatic rings. The van der Waals surface area contributed by atoms with E-state index in [0.29, 0.717) is 5.75 Å². The lowest BCUT2D eigenvalue weighted by molar-refractivity contribution is 0.626. The minimum atomic E-state index is -0.246. The third-order valence-electron chi connectivity index (χ3n) is 2.55. The predicted octanol–water partition coefficient (Wildman–Crippen LogP) is 4.27. The van der Waals surface area contributed by atoms with Crippen molar-refractivity contribution in [3.63, 3.8) is 0 Å². The number of hydrogen-bond acceptors (Lipinski definition) is 2. The number of thioether (sulfide) groups is 1. The molecule has 1 nitrogen and oxygen atoms in total. The van der Waals surface area contributed by atoms with Crippen molar-refractivity contribution in [3.8, 4) is 0 Å². The molecule has 0 saturated carbocycles. The van der Waals surface area contributed by atoms with Gasteiger partial charge in [0, 0.05) is 16.7 Å². The van der Waals surface area contributed by atoms with Gasteiger partial charge in [0.15, 0.2) is 0 Å². The molecule has 0 aliphatic heterocycles. The van der Waals surface area contributed by atoms with Gasteiger partial charge in [0.05, 0.1) is 5.02 Å². The first-order valence-electron chi connectivity index (χ1n) is 5.55. The van der Waals surface area contributed by atoms with Crippen LogP contribution in [-0.4, -0.2) is 5.75 Å². The summed E-state index contributed by atoms with van der Waals surface area (Å²) in [6.45, 7) is 0. The standard InChI is InChI=1S/C14H13ClFNS/c15-12-3-1-2-4-14(12)18-9-13(17)10-5-7-11(16)8-6-10/h1-8,13H,9,17H2. The summed E-state index contributed by atoms with van der Waals surface area (Å²) in [4.78, 5) is 1.01. The number of hydrogen-bond donors (Lipinski definition) is 1. The third-order valence-corrected chi connectivity index (χ3v) is 4.19. The topological polar surface area (TPSA) is 26.0 Å². The zero-order valence-corrected chi connectivity index (χ0v) is 11.2. The Hall–Kier alpha value is -1.03. The molecule has 2 aromatic carbocycles. The van der Waals surface area contributed by atoms with Crippen LogP contribution in [0.4, 0.5) is 4.39 Å². The molecule has 2 rings (SSSR count). The van der Waals surface area contributed by atoms with Crippen molar-refractivity contribution in [1.82, 2.24) is 0 Å². The average Bonchev–Trinajstić information content (AvgIpc) is 2.38. The zero-order valence-electron chi connectivity index (χ0n) is 9.64. The van der Waals surface area contributed by atoms with E-state index >= 15 is 0 Å². The zero-order chi connectivity index (χ0) is 13.0. The van der Waals surface area contributed by atoms with Gasteiger partial charge in [-0.15, -0.1) is 11.8 Å². The molecule has 1 unspecified atom stereocenters. The summed E-state index contributed by atoms with van der Waals surface area (Å²) in [6.07, 6.45) is 0. The van der Waals surface area contributed by atoms with E-state index in [1.165, 1.54) is 12.1 Å². The maximum Gasteiger partial charge on any atom is 0.123 e. The van der Waals surface area contributed by atoms with Crippen molar-refractivity contribution in [2.75, 3.05) is 5.75 Å². The minimum Gasteiger partial charge on any atom is -0.323 e. The van der Waals surface area contributed by atoms with Crippen molar-refractivity contribution in [2.45, 2.75) is 10.9 Å². The smallest absolute Gasteiger partial charge is 0.123 e. The number of benzene rings is 2. The lowest BCUT2D eigenvalue weighted by Crippen LogP contribution is -2.12. The molecule has 0 radical (unpaired) electrons. The van der Waals surface area contributed by atoms with E-state index in [1.807, 2.05) is 24.3 Å². The fourth-order valence-corrected chi connectivity index (χ4v) is 2.78. The van der Waals surface area contributed by atoms with Crippen LogP contribution in [-0.2, 0) is 0 Å². The van der Waals surface area contributed by atoms with E-state index in [1.54, 1.807) is 23.9 Å². The first-order valence-corrected chi connectivity index (χ1v) is 6.91. The van der Waals surface area contributed by atoms with E-state index in [9.17, 15) is 4.39 Å². The molecule has 0 aliphatic carbocycles. The largest absolute Gasteiger partial charge is 0.323 e. The normalized spacial score (nSPS) is 12.4. The lowest BCUT2D eigenvalue weighted by Gasteiger charge is -2.12. The highest BCUT2D eigenvalue weighted by atomic mass is 35.5. The molecule has 0 amide bonds. The Morgan fingerprint density at radius 1 is 1.11 bits per heavy atom. The van der Waals surface area contributed by atoms with E-state index < -0.39 is 0 Å². The van der Waals surface area contributed by atoms with E-state index in [0.717, 1.165) is 15.5 Å². The highest BCUT2D eigenvalue weighted by molar-refractivity contribution is 7.99. The van der Waals surface area contributed by atoms with Gasteiger partial charge in [-0.2, -0.15) is 0 Å². The van der Waals surface area contributed by atoms with Crippen molar-refractivity contribution < 1.29 is 4.39 Å². The molecule has 0 spiro atoms. The van der Waals surface area contributed by atoms with Crippen molar-refractivity contribution >= 4 is 23.4 Å². The second-order valence-corrected chi connectivity index (χ2v) is 5.37. The summed E-state index contributed by atoms with van der Waals surface area (Å²) in [5, 5.41) is 0.730. The van der Waals surface area contributed by atoms with Gasteiger partial charge in [-0.3, -0.25) is 0 Å². The van der Waals surface area contributed by atoms with Gasteiger partial charge in [0.1, 0.15) is 5.82 Å². The van der Waals surface area contributed by atoms with Gasteiger partial charge >= 0.3 is 0 Å². The van der Waals surface area contributed by atoms with Crippen LogP contribution < -0.4 is 5.73 Å². The van der Waals surface area contributed by atoms with Gasteiger partial charge in [0.2, 0.25) is 0 Å². The van der Waals surface area contributed by atoms with Crippen LogP contribution in [0.3, 0.4) is 0 Å². The van der Waals surface area contributed by atoms with Gasteiger partial charge in [0.25, 0.3) is 0 Å². The van der Waals surface area contributed by atoms with Crippen LogP contribution in [0.15, 0.2) is 53.4 Å². The molecule has 1 atom stereocenters. The predicted molar refractivity (Wildman–Crippen MR) is 75.5 cm³/mol. The maximum absolute atomic E-state index is 12.8. The Kier molecular flexibility index (Phi) is 4.64. The van der Waals surface area contributed by atoms with Gasteiger partial charge in [-0.1, -0.05) is 35.9 Å². The molecule has 0 bridgehead atoms. The molecule has 18 heavy (non-hydrogen) atoms.